The van der Waals surface area contributed by atoms with Gasteiger partial charge < -0.3 is 0 Å². The van der Waals surface area contributed by atoms with Crippen LogP contribution in [-0.4, -0.2) is 0 Å². The van der Waals surface area contributed by atoms with Crippen LogP contribution in [0, 0.1) is 22.8 Å². The SMILES string of the molecule is CC1(C)[C@@H]2CC[C@]1(C)C(c1cc[c]cc1)C2. The van der Waals surface area contributed by atoms with Gasteiger partial charge in [-0.3, -0.25) is 0 Å². The number of benzene rings is 1. The minimum absolute atomic E-state index is 0.513. The highest BCUT2D eigenvalue weighted by Crippen LogP contribution is 2.70. The van der Waals surface area contributed by atoms with Gasteiger partial charge in [-0.1, -0.05) is 45.0 Å². The summed E-state index contributed by atoms with van der Waals surface area (Å²) in [6.07, 6.45) is 4.25. The monoisotopic (exact) mass is 213 g/mol. The lowest BCUT2D eigenvalue weighted by Gasteiger charge is -2.39. The molecule has 0 aliphatic heterocycles. The Balaban J connectivity index is 2.02. The molecule has 2 bridgehead atoms. The number of rotatable bonds is 1. The maximum Gasteiger partial charge on any atom is -0.00999 e. The summed E-state index contributed by atoms with van der Waals surface area (Å²) in [4.78, 5) is 0. The topological polar surface area (TPSA) is 0 Å². The van der Waals surface area contributed by atoms with Gasteiger partial charge in [0.2, 0.25) is 0 Å². The zero-order valence-electron chi connectivity index (χ0n) is 10.6. The highest BCUT2D eigenvalue weighted by Gasteiger charge is 2.61. The minimum Gasteiger partial charge on any atom is -0.0591 e. The van der Waals surface area contributed by atoms with Crippen molar-refractivity contribution in [1.29, 1.82) is 0 Å². The lowest BCUT2D eigenvalue weighted by Crippen LogP contribution is -2.31. The fourth-order valence-electron chi connectivity index (χ4n) is 4.34. The van der Waals surface area contributed by atoms with Crippen LogP contribution in [0.5, 0.6) is 0 Å². The van der Waals surface area contributed by atoms with Crippen LogP contribution in [0.3, 0.4) is 0 Å². The lowest BCUT2D eigenvalue weighted by molar-refractivity contribution is 0.134. The van der Waals surface area contributed by atoms with Crippen LogP contribution in [-0.2, 0) is 0 Å². The first-order chi connectivity index (χ1) is 7.56. The summed E-state index contributed by atoms with van der Waals surface area (Å²) in [6.45, 7) is 7.49. The van der Waals surface area contributed by atoms with Crippen molar-refractivity contribution < 1.29 is 0 Å². The van der Waals surface area contributed by atoms with Gasteiger partial charge in [-0.2, -0.15) is 0 Å². The van der Waals surface area contributed by atoms with Crippen molar-refractivity contribution >= 4 is 0 Å². The summed E-state index contributed by atoms with van der Waals surface area (Å²) in [6, 6.07) is 11.8. The molecule has 0 saturated heterocycles. The summed E-state index contributed by atoms with van der Waals surface area (Å²) in [5.41, 5.74) is 2.58. The van der Waals surface area contributed by atoms with E-state index in [4.69, 9.17) is 0 Å². The predicted octanol–water partition coefficient (Wildman–Crippen LogP) is 4.42. The highest BCUT2D eigenvalue weighted by atomic mass is 14.6. The molecule has 0 aromatic heterocycles. The Morgan fingerprint density at radius 1 is 1.19 bits per heavy atom. The molecule has 0 N–H and O–H groups in total. The van der Waals surface area contributed by atoms with E-state index in [1.165, 1.54) is 24.8 Å². The average molecular weight is 213 g/mol. The molecule has 3 atom stereocenters. The predicted molar refractivity (Wildman–Crippen MR) is 67.2 cm³/mol. The fraction of sp³-hybridized carbons (Fsp3) is 0.625. The Morgan fingerprint density at radius 2 is 1.88 bits per heavy atom. The molecule has 0 nitrogen and oxygen atoms in total. The normalized spacial score (nSPS) is 40.2. The Kier molecular flexibility index (Phi) is 2.02. The van der Waals surface area contributed by atoms with Crippen LogP contribution in [0.2, 0.25) is 0 Å². The molecule has 2 aliphatic rings. The van der Waals surface area contributed by atoms with Gasteiger partial charge in [0.1, 0.15) is 0 Å². The first-order valence-electron chi connectivity index (χ1n) is 6.52. The Labute approximate surface area is 99.1 Å². The quantitative estimate of drug-likeness (QED) is 0.648. The molecule has 1 aromatic carbocycles. The molecule has 2 saturated carbocycles. The maximum absolute atomic E-state index is 3.13. The van der Waals surface area contributed by atoms with Gasteiger partial charge in [0.15, 0.2) is 0 Å². The van der Waals surface area contributed by atoms with E-state index in [9.17, 15) is 0 Å². The van der Waals surface area contributed by atoms with Crippen molar-refractivity contribution in [1.82, 2.24) is 0 Å². The van der Waals surface area contributed by atoms with E-state index in [-0.39, 0.29) is 0 Å². The van der Waals surface area contributed by atoms with Crippen molar-refractivity contribution in [2.45, 2.75) is 46.0 Å². The third-order valence-electron chi connectivity index (χ3n) is 5.94. The first-order valence-corrected chi connectivity index (χ1v) is 6.52. The Hall–Kier alpha value is -0.780. The second kappa shape index (κ2) is 3.12. The summed E-state index contributed by atoms with van der Waals surface area (Å²) in [7, 11) is 0. The summed E-state index contributed by atoms with van der Waals surface area (Å²) >= 11 is 0. The largest absolute Gasteiger partial charge is 0.0591 e. The molecule has 0 amide bonds. The average Bonchev–Trinajstić information content (AvgIpc) is 2.62. The van der Waals surface area contributed by atoms with E-state index in [2.05, 4.69) is 51.1 Å². The Bertz CT molecular complexity index is 390. The molecular formula is C16H21. The fourth-order valence-corrected chi connectivity index (χ4v) is 4.34. The number of fused-ring (bicyclic) bond motifs is 2. The van der Waals surface area contributed by atoms with Crippen molar-refractivity contribution in [3.8, 4) is 0 Å². The molecule has 2 fully saturated rings. The molecular weight excluding hydrogens is 192 g/mol. The van der Waals surface area contributed by atoms with E-state index < -0.39 is 0 Å². The lowest BCUT2D eigenvalue weighted by atomic mass is 9.65. The highest BCUT2D eigenvalue weighted by molar-refractivity contribution is 5.28. The molecule has 2 aliphatic carbocycles. The zero-order chi connectivity index (χ0) is 11.4. The van der Waals surface area contributed by atoms with Gasteiger partial charge in [0, 0.05) is 0 Å². The smallest absolute Gasteiger partial charge is 0.00999 e. The van der Waals surface area contributed by atoms with E-state index in [0.717, 1.165) is 11.8 Å². The molecule has 3 rings (SSSR count). The van der Waals surface area contributed by atoms with Crippen LogP contribution in [0.15, 0.2) is 24.3 Å². The van der Waals surface area contributed by atoms with Crippen LogP contribution in [0.4, 0.5) is 0 Å². The maximum atomic E-state index is 3.13. The molecule has 1 aromatic rings. The number of hydrogen-bond donors (Lipinski definition) is 0. The summed E-state index contributed by atoms with van der Waals surface area (Å²) in [5, 5.41) is 0. The van der Waals surface area contributed by atoms with E-state index in [1.807, 2.05) is 0 Å². The van der Waals surface area contributed by atoms with Crippen LogP contribution < -0.4 is 0 Å². The minimum atomic E-state index is 0.513. The molecule has 0 heteroatoms. The van der Waals surface area contributed by atoms with Gasteiger partial charge >= 0.3 is 0 Å². The second-order valence-corrected chi connectivity index (χ2v) is 6.50. The standard InChI is InChI=1S/C16H21/c1-15(2)13-9-10-16(15,3)14(11-13)12-7-5-4-6-8-12/h5-8,13-14H,9-11H2,1-3H3/t13-,14?,16-/m1/s1. The van der Waals surface area contributed by atoms with E-state index >= 15 is 0 Å². The van der Waals surface area contributed by atoms with E-state index in [0.29, 0.717) is 10.8 Å². The molecule has 16 heavy (non-hydrogen) atoms. The zero-order valence-corrected chi connectivity index (χ0v) is 10.6. The Morgan fingerprint density at radius 3 is 2.38 bits per heavy atom. The third-order valence-corrected chi connectivity index (χ3v) is 5.94. The molecule has 0 heterocycles. The van der Waals surface area contributed by atoms with Crippen molar-refractivity contribution in [2.24, 2.45) is 16.7 Å². The second-order valence-electron chi connectivity index (χ2n) is 6.50. The van der Waals surface area contributed by atoms with Crippen molar-refractivity contribution in [3.05, 3.63) is 35.9 Å². The van der Waals surface area contributed by atoms with Gasteiger partial charge in [-0.05, 0) is 53.6 Å². The van der Waals surface area contributed by atoms with Crippen molar-refractivity contribution in [3.63, 3.8) is 0 Å². The van der Waals surface area contributed by atoms with Crippen LogP contribution in [0.1, 0.15) is 51.5 Å². The van der Waals surface area contributed by atoms with Crippen LogP contribution in [0.25, 0.3) is 0 Å². The summed E-state index contributed by atoms with van der Waals surface area (Å²) < 4.78 is 0. The number of hydrogen-bond acceptors (Lipinski definition) is 0. The van der Waals surface area contributed by atoms with Crippen LogP contribution >= 0.6 is 0 Å². The molecule has 1 radical (unpaired) electrons. The molecule has 85 valence electrons. The molecule has 1 unspecified atom stereocenters. The van der Waals surface area contributed by atoms with Crippen molar-refractivity contribution in [2.75, 3.05) is 0 Å². The van der Waals surface area contributed by atoms with Gasteiger partial charge in [-0.15, -0.1) is 0 Å². The summed E-state index contributed by atoms with van der Waals surface area (Å²) in [5.74, 6) is 1.71. The van der Waals surface area contributed by atoms with Gasteiger partial charge in [-0.25, -0.2) is 0 Å². The third kappa shape index (κ3) is 1.11. The van der Waals surface area contributed by atoms with Gasteiger partial charge in [0.25, 0.3) is 0 Å². The van der Waals surface area contributed by atoms with Gasteiger partial charge in [0.05, 0.1) is 0 Å². The first kappa shape index (κ1) is 10.4. The molecule has 0 spiro atoms. The van der Waals surface area contributed by atoms with E-state index in [1.54, 1.807) is 0 Å².